The number of amides is 1. The molecular formula is C17H15N5O2. The van der Waals surface area contributed by atoms with Crippen molar-refractivity contribution in [3.8, 4) is 11.4 Å². The second-order valence-electron chi connectivity index (χ2n) is 5.07. The zero-order valence-electron chi connectivity index (χ0n) is 12.9. The molecule has 0 saturated carbocycles. The van der Waals surface area contributed by atoms with E-state index in [-0.39, 0.29) is 11.7 Å². The Labute approximate surface area is 138 Å². The minimum atomic E-state index is -0.339. The Morgan fingerprint density at radius 1 is 1.08 bits per heavy atom. The lowest BCUT2D eigenvalue weighted by molar-refractivity contribution is 0.0955. The smallest absolute Gasteiger partial charge is 0.271 e. The molecule has 0 unspecified atom stereocenters. The van der Waals surface area contributed by atoms with Crippen LogP contribution in [0.3, 0.4) is 0 Å². The van der Waals surface area contributed by atoms with E-state index in [0.29, 0.717) is 11.3 Å². The van der Waals surface area contributed by atoms with Crippen LogP contribution in [0.25, 0.3) is 5.69 Å². The summed E-state index contributed by atoms with van der Waals surface area (Å²) in [5, 5.41) is 17.4. The van der Waals surface area contributed by atoms with Crippen LogP contribution in [0.15, 0.2) is 66.3 Å². The summed E-state index contributed by atoms with van der Waals surface area (Å²) in [4.78, 5) is 15.9. The molecule has 3 rings (SSSR count). The van der Waals surface area contributed by atoms with Crippen LogP contribution in [-0.4, -0.2) is 31.5 Å². The first-order valence-corrected chi connectivity index (χ1v) is 7.22. The Morgan fingerprint density at radius 3 is 2.38 bits per heavy atom. The second-order valence-corrected chi connectivity index (χ2v) is 5.07. The molecule has 2 N–H and O–H groups in total. The summed E-state index contributed by atoms with van der Waals surface area (Å²) in [7, 11) is 0. The lowest BCUT2D eigenvalue weighted by Crippen LogP contribution is -2.19. The molecule has 0 atom stereocenters. The van der Waals surface area contributed by atoms with Crippen molar-refractivity contribution < 1.29 is 9.90 Å². The Hall–Kier alpha value is -3.48. The minimum absolute atomic E-state index is 0.110. The van der Waals surface area contributed by atoms with Crippen LogP contribution < -0.4 is 5.43 Å². The molecule has 3 aromatic rings. The molecule has 0 saturated heterocycles. The largest absolute Gasteiger partial charge is 0.508 e. The Kier molecular flexibility index (Phi) is 4.33. The molecule has 1 heterocycles. The third kappa shape index (κ3) is 3.46. The lowest BCUT2D eigenvalue weighted by atomic mass is 10.1. The molecule has 1 aromatic heterocycles. The number of rotatable bonds is 4. The average Bonchev–Trinajstić information content (AvgIpc) is 3.15. The van der Waals surface area contributed by atoms with E-state index in [2.05, 4.69) is 20.6 Å². The molecule has 7 heteroatoms. The van der Waals surface area contributed by atoms with Crippen molar-refractivity contribution in [2.75, 3.05) is 0 Å². The normalized spacial score (nSPS) is 11.3. The van der Waals surface area contributed by atoms with Crippen molar-refractivity contribution >= 4 is 11.6 Å². The number of carbonyl (C=O) groups excluding carboxylic acids is 1. The maximum absolute atomic E-state index is 12.0. The van der Waals surface area contributed by atoms with Crippen molar-refractivity contribution in [3.05, 3.63) is 72.3 Å². The van der Waals surface area contributed by atoms with Gasteiger partial charge in [-0.25, -0.2) is 15.1 Å². The Balaban J connectivity index is 1.69. The molecule has 120 valence electrons. The standard InChI is InChI=1S/C17H15N5O2/c1-12(20-21-17(24)14-4-8-16(23)9-5-14)13-2-6-15(7-3-13)22-11-18-10-19-22/h2-11,23H,1H3,(H,21,24)/b20-12+. The van der Waals surface area contributed by atoms with E-state index in [4.69, 9.17) is 0 Å². The highest BCUT2D eigenvalue weighted by molar-refractivity contribution is 6.01. The van der Waals surface area contributed by atoms with Gasteiger partial charge in [0.25, 0.3) is 5.91 Å². The fraction of sp³-hybridized carbons (Fsp3) is 0.0588. The summed E-state index contributed by atoms with van der Waals surface area (Å²) < 4.78 is 1.66. The van der Waals surface area contributed by atoms with E-state index in [1.165, 1.54) is 30.6 Å². The summed E-state index contributed by atoms with van der Waals surface area (Å²) >= 11 is 0. The van der Waals surface area contributed by atoms with Crippen molar-refractivity contribution in [3.63, 3.8) is 0 Å². The van der Waals surface area contributed by atoms with Gasteiger partial charge >= 0.3 is 0 Å². The van der Waals surface area contributed by atoms with Crippen molar-refractivity contribution in [1.29, 1.82) is 0 Å². The van der Waals surface area contributed by atoms with Crippen molar-refractivity contribution in [2.45, 2.75) is 6.92 Å². The highest BCUT2D eigenvalue weighted by atomic mass is 16.3. The quantitative estimate of drug-likeness (QED) is 0.569. The maximum atomic E-state index is 12.0. The predicted octanol–water partition coefficient (Wildman–Crippen LogP) is 2.13. The van der Waals surface area contributed by atoms with Crippen molar-refractivity contribution in [2.24, 2.45) is 5.10 Å². The first-order valence-electron chi connectivity index (χ1n) is 7.22. The molecule has 0 fully saturated rings. The monoisotopic (exact) mass is 321 g/mol. The van der Waals surface area contributed by atoms with E-state index in [1.54, 1.807) is 11.0 Å². The van der Waals surface area contributed by atoms with Crippen LogP contribution in [-0.2, 0) is 0 Å². The SMILES string of the molecule is C/C(=N\NC(=O)c1ccc(O)cc1)c1ccc(-n2cncn2)cc1. The van der Waals surface area contributed by atoms with Crippen LogP contribution in [0.1, 0.15) is 22.8 Å². The Morgan fingerprint density at radius 2 is 1.75 bits per heavy atom. The number of carbonyl (C=O) groups is 1. The number of aromatic nitrogens is 3. The highest BCUT2D eigenvalue weighted by Gasteiger charge is 2.05. The third-order valence-electron chi connectivity index (χ3n) is 3.42. The van der Waals surface area contributed by atoms with Gasteiger partial charge in [0.1, 0.15) is 18.4 Å². The molecule has 0 bridgehead atoms. The summed E-state index contributed by atoms with van der Waals surface area (Å²) in [5.74, 6) is -0.229. The van der Waals surface area contributed by atoms with Gasteiger partial charge in [-0.3, -0.25) is 4.79 Å². The molecular weight excluding hydrogens is 306 g/mol. The van der Waals surface area contributed by atoms with Gasteiger partial charge in [-0.05, 0) is 48.9 Å². The number of hydrogen-bond acceptors (Lipinski definition) is 5. The molecule has 0 aliphatic rings. The van der Waals surface area contributed by atoms with Gasteiger partial charge in [0.15, 0.2) is 0 Å². The second kappa shape index (κ2) is 6.74. The molecule has 0 spiro atoms. The molecule has 24 heavy (non-hydrogen) atoms. The predicted molar refractivity (Wildman–Crippen MR) is 89.1 cm³/mol. The molecule has 0 aliphatic carbocycles. The number of phenolic OH excluding ortho intramolecular Hbond substituents is 1. The molecule has 0 aliphatic heterocycles. The van der Waals surface area contributed by atoms with E-state index in [1.807, 2.05) is 31.2 Å². The number of aromatic hydroxyl groups is 1. The van der Waals surface area contributed by atoms with E-state index in [9.17, 15) is 9.90 Å². The third-order valence-corrected chi connectivity index (χ3v) is 3.42. The van der Waals surface area contributed by atoms with Crippen LogP contribution in [0.2, 0.25) is 0 Å². The van der Waals surface area contributed by atoms with Crippen molar-refractivity contribution in [1.82, 2.24) is 20.2 Å². The number of hydrogen-bond donors (Lipinski definition) is 2. The van der Waals surface area contributed by atoms with Crippen LogP contribution in [0, 0.1) is 0 Å². The molecule has 1 amide bonds. The first-order chi connectivity index (χ1) is 11.6. The van der Waals surface area contributed by atoms with Gasteiger partial charge in [0, 0.05) is 5.56 Å². The zero-order valence-corrected chi connectivity index (χ0v) is 12.9. The summed E-state index contributed by atoms with van der Waals surface area (Å²) in [5.41, 5.74) is 5.36. The van der Waals surface area contributed by atoms with Gasteiger partial charge in [0.05, 0.1) is 11.4 Å². The number of nitrogens with one attached hydrogen (secondary N) is 1. The highest BCUT2D eigenvalue weighted by Crippen LogP contribution is 2.10. The average molecular weight is 321 g/mol. The molecule has 7 nitrogen and oxygen atoms in total. The fourth-order valence-corrected chi connectivity index (χ4v) is 2.07. The number of benzene rings is 2. The van der Waals surface area contributed by atoms with Gasteiger partial charge in [-0.2, -0.15) is 10.2 Å². The van der Waals surface area contributed by atoms with E-state index in [0.717, 1.165) is 11.3 Å². The lowest BCUT2D eigenvalue weighted by Gasteiger charge is -2.05. The fourth-order valence-electron chi connectivity index (χ4n) is 2.07. The Bertz CT molecular complexity index is 853. The van der Waals surface area contributed by atoms with E-state index < -0.39 is 0 Å². The summed E-state index contributed by atoms with van der Waals surface area (Å²) in [6, 6.07) is 13.5. The summed E-state index contributed by atoms with van der Waals surface area (Å²) in [6.45, 7) is 1.81. The molecule has 0 radical (unpaired) electrons. The topological polar surface area (TPSA) is 92.4 Å². The van der Waals surface area contributed by atoms with Crippen LogP contribution in [0.4, 0.5) is 0 Å². The van der Waals surface area contributed by atoms with Gasteiger partial charge < -0.3 is 5.11 Å². The number of hydrazone groups is 1. The van der Waals surface area contributed by atoms with Gasteiger partial charge in [-0.15, -0.1) is 0 Å². The first kappa shape index (κ1) is 15.4. The maximum Gasteiger partial charge on any atom is 0.271 e. The summed E-state index contributed by atoms with van der Waals surface area (Å²) in [6.07, 6.45) is 3.09. The van der Waals surface area contributed by atoms with Gasteiger partial charge in [-0.1, -0.05) is 12.1 Å². The minimum Gasteiger partial charge on any atom is -0.508 e. The van der Waals surface area contributed by atoms with E-state index >= 15 is 0 Å². The zero-order chi connectivity index (χ0) is 16.9. The van der Waals surface area contributed by atoms with Gasteiger partial charge in [0.2, 0.25) is 0 Å². The number of phenols is 1. The van der Waals surface area contributed by atoms with Crippen LogP contribution >= 0.6 is 0 Å². The molecule has 2 aromatic carbocycles. The van der Waals surface area contributed by atoms with Crippen LogP contribution in [0.5, 0.6) is 5.75 Å². The number of nitrogens with zero attached hydrogens (tertiary/aromatic N) is 4.